The lowest BCUT2D eigenvalue weighted by molar-refractivity contribution is 0.0488. The fraction of sp³-hybridized carbons (Fsp3) is 0.765. The van der Waals surface area contributed by atoms with Crippen molar-refractivity contribution in [3.63, 3.8) is 0 Å². The van der Waals surface area contributed by atoms with E-state index in [2.05, 4.69) is 28.9 Å². The summed E-state index contributed by atoms with van der Waals surface area (Å²) >= 11 is 0. The zero-order chi connectivity index (χ0) is 15.7. The summed E-state index contributed by atoms with van der Waals surface area (Å²) in [5.41, 5.74) is 0.790. The van der Waals surface area contributed by atoms with Crippen LogP contribution in [-0.2, 0) is 7.05 Å². The Kier molecular flexibility index (Phi) is 4.26. The first kappa shape index (κ1) is 15.5. The van der Waals surface area contributed by atoms with Crippen molar-refractivity contribution in [2.45, 2.75) is 57.0 Å². The molecule has 1 amide bonds. The van der Waals surface area contributed by atoms with E-state index in [-0.39, 0.29) is 11.4 Å². The molecule has 0 radical (unpaired) electrons. The van der Waals surface area contributed by atoms with Crippen molar-refractivity contribution < 1.29 is 4.79 Å². The van der Waals surface area contributed by atoms with Gasteiger partial charge in [0.1, 0.15) is 5.69 Å². The van der Waals surface area contributed by atoms with Gasteiger partial charge in [-0.3, -0.25) is 9.48 Å². The van der Waals surface area contributed by atoms with Gasteiger partial charge in [0.15, 0.2) is 0 Å². The molecule has 0 unspecified atom stereocenters. The Morgan fingerprint density at radius 3 is 2.73 bits per heavy atom. The van der Waals surface area contributed by atoms with E-state index < -0.39 is 0 Å². The van der Waals surface area contributed by atoms with Crippen LogP contribution in [0.15, 0.2) is 12.3 Å². The van der Waals surface area contributed by atoms with Crippen molar-refractivity contribution >= 4 is 5.91 Å². The number of aryl methyl sites for hydroxylation is 1. The topological polar surface area (TPSA) is 41.4 Å². The molecule has 1 aromatic rings. The molecule has 0 N–H and O–H groups in total. The van der Waals surface area contributed by atoms with Crippen LogP contribution in [0.4, 0.5) is 0 Å². The average molecular weight is 304 g/mol. The Bertz CT molecular complexity index is 533. The molecular weight excluding hydrogens is 276 g/mol. The maximum absolute atomic E-state index is 13.1. The third-order valence-electron chi connectivity index (χ3n) is 5.77. The molecule has 5 nitrogen and oxygen atoms in total. The minimum atomic E-state index is 0.0771. The van der Waals surface area contributed by atoms with Gasteiger partial charge in [-0.1, -0.05) is 26.2 Å². The normalized spacial score (nSPS) is 24.4. The van der Waals surface area contributed by atoms with Gasteiger partial charge < -0.3 is 9.80 Å². The quantitative estimate of drug-likeness (QED) is 0.860. The number of nitrogens with zero attached hydrogens (tertiary/aromatic N) is 4. The maximum Gasteiger partial charge on any atom is 0.272 e. The Balaban J connectivity index is 1.89. The fourth-order valence-electron chi connectivity index (χ4n) is 4.28. The molecule has 0 aromatic carbocycles. The number of hydrogen-bond acceptors (Lipinski definition) is 3. The van der Waals surface area contributed by atoms with Crippen molar-refractivity contribution in [1.29, 1.82) is 0 Å². The molecule has 22 heavy (non-hydrogen) atoms. The second kappa shape index (κ2) is 6.03. The van der Waals surface area contributed by atoms with Crippen LogP contribution in [0.3, 0.4) is 0 Å². The van der Waals surface area contributed by atoms with Gasteiger partial charge in [0.25, 0.3) is 5.91 Å². The van der Waals surface area contributed by atoms with E-state index in [1.807, 2.05) is 13.1 Å². The lowest BCUT2D eigenvalue weighted by Gasteiger charge is -2.41. The van der Waals surface area contributed by atoms with Crippen LogP contribution in [0.2, 0.25) is 0 Å². The summed E-state index contributed by atoms with van der Waals surface area (Å²) < 4.78 is 1.70. The van der Waals surface area contributed by atoms with Gasteiger partial charge in [-0.05, 0) is 38.9 Å². The van der Waals surface area contributed by atoms with Crippen LogP contribution in [-0.4, -0.2) is 57.2 Å². The summed E-state index contributed by atoms with van der Waals surface area (Å²) in [5.74, 6) is 0.161. The van der Waals surface area contributed by atoms with Crippen molar-refractivity contribution in [3.05, 3.63) is 18.0 Å². The molecule has 2 heterocycles. The number of amides is 1. The van der Waals surface area contributed by atoms with Gasteiger partial charge in [-0.25, -0.2) is 0 Å². The first-order chi connectivity index (χ1) is 10.6. The highest BCUT2D eigenvalue weighted by Crippen LogP contribution is 2.43. The SMILES string of the molecule is CCN(C)[C@@H]1CN(C(=O)c2ccnn2C)C2(CCCCC2)C1. The van der Waals surface area contributed by atoms with Gasteiger partial charge in [0.05, 0.1) is 0 Å². The third-order valence-corrected chi connectivity index (χ3v) is 5.77. The standard InChI is InChI=1S/C17H28N4O/c1-4-19(2)14-12-17(9-6-5-7-10-17)21(13-14)16(22)15-8-11-18-20(15)3/h8,11,14H,4-7,9-10,12-13H2,1-3H3/t14-/m0/s1. The summed E-state index contributed by atoms with van der Waals surface area (Å²) in [6, 6.07) is 2.33. The number of hydrogen-bond donors (Lipinski definition) is 0. The van der Waals surface area contributed by atoms with Crippen LogP contribution in [0.5, 0.6) is 0 Å². The molecule has 1 saturated heterocycles. The Hall–Kier alpha value is -1.36. The van der Waals surface area contributed by atoms with Gasteiger partial charge in [0, 0.05) is 31.4 Å². The van der Waals surface area contributed by atoms with Crippen LogP contribution in [0, 0.1) is 0 Å². The molecule has 1 atom stereocenters. The number of likely N-dealkylation sites (tertiary alicyclic amines) is 1. The zero-order valence-corrected chi connectivity index (χ0v) is 14.1. The Labute approximate surface area is 133 Å². The summed E-state index contributed by atoms with van der Waals surface area (Å²) in [7, 11) is 4.03. The van der Waals surface area contributed by atoms with Crippen LogP contribution >= 0.6 is 0 Å². The molecule has 122 valence electrons. The summed E-state index contributed by atoms with van der Waals surface area (Å²) in [6.45, 7) is 4.09. The third kappa shape index (κ3) is 2.56. The van der Waals surface area contributed by atoms with Crippen molar-refractivity contribution in [1.82, 2.24) is 19.6 Å². The molecular formula is C17H28N4O. The number of carbonyl (C=O) groups is 1. The zero-order valence-electron chi connectivity index (χ0n) is 14.1. The molecule has 1 aliphatic heterocycles. The minimum absolute atomic E-state index is 0.0771. The van der Waals surface area contributed by atoms with E-state index in [0.717, 1.165) is 32.4 Å². The molecule has 3 rings (SSSR count). The minimum Gasteiger partial charge on any atom is -0.330 e. The van der Waals surface area contributed by atoms with Crippen LogP contribution in [0.1, 0.15) is 55.9 Å². The predicted octanol–water partition coefficient (Wildman–Crippen LogP) is 2.29. The monoisotopic (exact) mass is 304 g/mol. The molecule has 1 saturated carbocycles. The first-order valence-corrected chi connectivity index (χ1v) is 8.57. The van der Waals surface area contributed by atoms with Crippen LogP contribution < -0.4 is 0 Å². The van der Waals surface area contributed by atoms with E-state index in [0.29, 0.717) is 11.7 Å². The first-order valence-electron chi connectivity index (χ1n) is 8.57. The molecule has 1 spiro atoms. The maximum atomic E-state index is 13.1. The summed E-state index contributed by atoms with van der Waals surface area (Å²) in [6.07, 6.45) is 8.96. The number of carbonyl (C=O) groups excluding carboxylic acids is 1. The van der Waals surface area contributed by atoms with E-state index in [1.54, 1.807) is 10.9 Å². The smallest absolute Gasteiger partial charge is 0.272 e. The molecule has 2 fully saturated rings. The van der Waals surface area contributed by atoms with Gasteiger partial charge in [-0.15, -0.1) is 0 Å². The van der Waals surface area contributed by atoms with E-state index in [4.69, 9.17) is 0 Å². The second-order valence-corrected chi connectivity index (χ2v) is 6.97. The highest BCUT2D eigenvalue weighted by atomic mass is 16.2. The number of aromatic nitrogens is 2. The lowest BCUT2D eigenvalue weighted by atomic mass is 9.79. The van der Waals surface area contributed by atoms with E-state index in [9.17, 15) is 4.79 Å². The van der Waals surface area contributed by atoms with Crippen molar-refractivity contribution in [3.8, 4) is 0 Å². The molecule has 2 aliphatic rings. The highest BCUT2D eigenvalue weighted by Gasteiger charge is 2.49. The average Bonchev–Trinajstić information content (AvgIpc) is 3.11. The molecule has 1 aromatic heterocycles. The van der Waals surface area contributed by atoms with E-state index >= 15 is 0 Å². The molecule has 1 aliphatic carbocycles. The van der Waals surface area contributed by atoms with Gasteiger partial charge >= 0.3 is 0 Å². The fourth-order valence-corrected chi connectivity index (χ4v) is 4.28. The Morgan fingerprint density at radius 2 is 2.14 bits per heavy atom. The van der Waals surface area contributed by atoms with Gasteiger partial charge in [0.2, 0.25) is 0 Å². The Morgan fingerprint density at radius 1 is 1.41 bits per heavy atom. The lowest BCUT2D eigenvalue weighted by Crippen LogP contribution is -2.49. The number of rotatable bonds is 3. The molecule has 0 bridgehead atoms. The highest BCUT2D eigenvalue weighted by molar-refractivity contribution is 5.93. The van der Waals surface area contributed by atoms with Gasteiger partial charge in [-0.2, -0.15) is 5.10 Å². The number of likely N-dealkylation sites (N-methyl/N-ethyl adjacent to an activating group) is 1. The van der Waals surface area contributed by atoms with E-state index in [1.165, 1.54) is 19.3 Å². The molecule has 5 heteroatoms. The predicted molar refractivity (Wildman–Crippen MR) is 86.8 cm³/mol. The second-order valence-electron chi connectivity index (χ2n) is 6.97. The summed E-state index contributed by atoms with van der Waals surface area (Å²) in [4.78, 5) is 17.7. The largest absolute Gasteiger partial charge is 0.330 e. The van der Waals surface area contributed by atoms with Crippen molar-refractivity contribution in [2.75, 3.05) is 20.1 Å². The van der Waals surface area contributed by atoms with Crippen molar-refractivity contribution in [2.24, 2.45) is 7.05 Å². The van der Waals surface area contributed by atoms with Crippen LogP contribution in [0.25, 0.3) is 0 Å². The summed E-state index contributed by atoms with van der Waals surface area (Å²) in [5, 5.41) is 4.17.